The van der Waals surface area contributed by atoms with E-state index in [1.54, 1.807) is 27.0 Å². The van der Waals surface area contributed by atoms with Crippen LogP contribution in [0.4, 0.5) is 20.2 Å². The van der Waals surface area contributed by atoms with Crippen LogP contribution in [0.2, 0.25) is 0 Å². The number of hydrogen-bond donors (Lipinski definition) is 2. The van der Waals surface area contributed by atoms with Crippen molar-refractivity contribution in [3.63, 3.8) is 0 Å². The van der Waals surface area contributed by atoms with Crippen LogP contribution in [-0.4, -0.2) is 25.1 Å². The van der Waals surface area contributed by atoms with Gasteiger partial charge in [0.15, 0.2) is 5.82 Å². The zero-order valence-corrected chi connectivity index (χ0v) is 14.6. The van der Waals surface area contributed by atoms with Gasteiger partial charge in [0.1, 0.15) is 5.82 Å². The number of hydroxylamine groups is 2. The number of nitrogens with zero attached hydrogens (tertiary/aromatic N) is 1. The van der Waals surface area contributed by atoms with Gasteiger partial charge in [0.05, 0.1) is 24.0 Å². The van der Waals surface area contributed by atoms with E-state index in [1.165, 1.54) is 30.4 Å². The number of nitrogens with two attached hydrogens (primary N) is 1. The van der Waals surface area contributed by atoms with E-state index in [-0.39, 0.29) is 23.5 Å². The summed E-state index contributed by atoms with van der Waals surface area (Å²) >= 11 is 0. The highest BCUT2D eigenvalue weighted by atomic mass is 19.1. The molecule has 0 aromatic heterocycles. The van der Waals surface area contributed by atoms with Crippen molar-refractivity contribution < 1.29 is 18.4 Å². The minimum Gasteiger partial charge on any atom is -0.366 e. The lowest BCUT2D eigenvalue weighted by atomic mass is 10.0. The van der Waals surface area contributed by atoms with Crippen molar-refractivity contribution in [3.8, 4) is 0 Å². The molecule has 3 N–H and O–H groups in total. The Morgan fingerprint density at radius 1 is 1.28 bits per heavy atom. The number of nitrogens with one attached hydrogen (secondary N) is 1. The first kappa shape index (κ1) is 18.8. The van der Waals surface area contributed by atoms with Crippen molar-refractivity contribution in [2.45, 2.75) is 20.4 Å². The zero-order chi connectivity index (χ0) is 18.7. The predicted molar refractivity (Wildman–Crippen MR) is 92.6 cm³/mol. The van der Waals surface area contributed by atoms with Gasteiger partial charge >= 0.3 is 0 Å². The molecule has 0 atom stereocenters. The number of hydrogen-bond acceptors (Lipinski definition) is 4. The topological polar surface area (TPSA) is 67.6 Å². The quantitative estimate of drug-likeness (QED) is 0.784. The summed E-state index contributed by atoms with van der Waals surface area (Å²) in [4.78, 5) is 16.8. The van der Waals surface area contributed by atoms with Crippen LogP contribution in [0.25, 0.3) is 0 Å². The molecule has 0 radical (unpaired) electrons. The van der Waals surface area contributed by atoms with Gasteiger partial charge in [0, 0.05) is 13.6 Å². The molecule has 0 unspecified atom stereocenters. The second-order valence-electron chi connectivity index (χ2n) is 5.84. The summed E-state index contributed by atoms with van der Waals surface area (Å²) in [5.41, 5.74) is 6.86. The number of primary amides is 1. The summed E-state index contributed by atoms with van der Waals surface area (Å²) in [7, 11) is 3.16. The molecule has 25 heavy (non-hydrogen) atoms. The molecule has 134 valence electrons. The second-order valence-corrected chi connectivity index (χ2v) is 5.84. The molecule has 0 saturated carbocycles. The van der Waals surface area contributed by atoms with Gasteiger partial charge < -0.3 is 15.9 Å². The third-order valence-electron chi connectivity index (χ3n) is 3.97. The van der Waals surface area contributed by atoms with Crippen LogP contribution in [0.3, 0.4) is 0 Å². The van der Waals surface area contributed by atoms with Gasteiger partial charge in [-0.1, -0.05) is 6.07 Å². The van der Waals surface area contributed by atoms with Crippen molar-refractivity contribution in [2.24, 2.45) is 5.73 Å². The van der Waals surface area contributed by atoms with E-state index in [9.17, 15) is 13.6 Å². The number of anilines is 2. The first-order valence-corrected chi connectivity index (χ1v) is 7.64. The fourth-order valence-corrected chi connectivity index (χ4v) is 2.44. The second kappa shape index (κ2) is 7.58. The number of carbonyl (C=O) groups is 1. The van der Waals surface area contributed by atoms with Gasteiger partial charge in [-0.05, 0) is 48.7 Å². The van der Waals surface area contributed by atoms with Crippen molar-refractivity contribution in [1.82, 2.24) is 5.06 Å². The lowest BCUT2D eigenvalue weighted by Gasteiger charge is -2.19. The van der Waals surface area contributed by atoms with E-state index in [0.717, 1.165) is 5.56 Å². The van der Waals surface area contributed by atoms with Crippen LogP contribution < -0.4 is 11.1 Å². The van der Waals surface area contributed by atoms with Crippen LogP contribution in [0.1, 0.15) is 27.0 Å². The van der Waals surface area contributed by atoms with Crippen LogP contribution in [0.5, 0.6) is 0 Å². The Labute approximate surface area is 145 Å². The standard InChI is InChI=1S/C18H21F2N3O2/c1-10-5-6-15(14(19)7-10)22-17-13(18(21)24)8-12(9-23(3)25-4)11(2)16(17)20/h5-8,22H,9H2,1-4H3,(H2,21,24). The molecule has 7 heteroatoms. The Morgan fingerprint density at radius 2 is 1.96 bits per heavy atom. The Kier molecular flexibility index (Phi) is 5.71. The number of amides is 1. The number of rotatable bonds is 6. The van der Waals surface area contributed by atoms with Crippen molar-refractivity contribution >= 4 is 17.3 Å². The summed E-state index contributed by atoms with van der Waals surface area (Å²) in [5.74, 6) is -2.01. The van der Waals surface area contributed by atoms with Crippen molar-refractivity contribution in [3.05, 3.63) is 58.2 Å². The third kappa shape index (κ3) is 4.12. The van der Waals surface area contributed by atoms with Crippen LogP contribution in [0, 0.1) is 25.5 Å². The lowest BCUT2D eigenvalue weighted by Crippen LogP contribution is -2.20. The zero-order valence-electron chi connectivity index (χ0n) is 14.6. The number of aryl methyl sites for hydroxylation is 1. The molecule has 0 saturated heterocycles. The van der Waals surface area contributed by atoms with Gasteiger partial charge in [0.25, 0.3) is 5.91 Å². The first-order valence-electron chi connectivity index (χ1n) is 7.64. The van der Waals surface area contributed by atoms with E-state index < -0.39 is 17.5 Å². The third-order valence-corrected chi connectivity index (χ3v) is 3.97. The number of halogens is 2. The summed E-state index contributed by atoms with van der Waals surface area (Å²) in [6.07, 6.45) is 0. The molecule has 0 aliphatic rings. The maximum absolute atomic E-state index is 14.9. The Balaban J connectivity index is 2.53. The molecule has 0 fully saturated rings. The summed E-state index contributed by atoms with van der Waals surface area (Å²) < 4.78 is 29.0. The van der Waals surface area contributed by atoms with E-state index in [4.69, 9.17) is 10.6 Å². The summed E-state index contributed by atoms with van der Waals surface area (Å²) in [6, 6.07) is 5.97. The van der Waals surface area contributed by atoms with Crippen LogP contribution in [-0.2, 0) is 11.4 Å². The fourth-order valence-electron chi connectivity index (χ4n) is 2.44. The lowest BCUT2D eigenvalue weighted by molar-refractivity contribution is -0.116. The Bertz CT molecular complexity index is 809. The number of benzene rings is 2. The normalized spacial score (nSPS) is 11.0. The molecule has 0 aliphatic heterocycles. The minimum absolute atomic E-state index is 0.0532. The highest BCUT2D eigenvalue weighted by Crippen LogP contribution is 2.31. The Hall–Kier alpha value is -2.51. The van der Waals surface area contributed by atoms with E-state index in [2.05, 4.69) is 5.32 Å². The largest absolute Gasteiger partial charge is 0.366 e. The SMILES string of the molecule is CON(C)Cc1cc(C(N)=O)c(Nc2ccc(C)cc2F)c(F)c1C. The molecule has 0 spiro atoms. The van der Waals surface area contributed by atoms with E-state index in [0.29, 0.717) is 11.1 Å². The van der Waals surface area contributed by atoms with E-state index >= 15 is 0 Å². The average Bonchev–Trinajstić information content (AvgIpc) is 2.55. The van der Waals surface area contributed by atoms with Crippen molar-refractivity contribution in [2.75, 3.05) is 19.5 Å². The fraction of sp³-hybridized carbons (Fsp3) is 0.278. The maximum atomic E-state index is 14.9. The van der Waals surface area contributed by atoms with Gasteiger partial charge in [-0.15, -0.1) is 0 Å². The summed E-state index contributed by atoms with van der Waals surface area (Å²) in [6.45, 7) is 3.59. The van der Waals surface area contributed by atoms with Gasteiger partial charge in [0.2, 0.25) is 0 Å². The molecule has 2 aromatic carbocycles. The smallest absolute Gasteiger partial charge is 0.250 e. The number of carbonyl (C=O) groups excluding carboxylic acids is 1. The molecule has 2 rings (SSSR count). The molecular weight excluding hydrogens is 328 g/mol. The molecule has 0 aliphatic carbocycles. The molecule has 1 amide bonds. The molecular formula is C18H21F2N3O2. The molecule has 5 nitrogen and oxygen atoms in total. The highest BCUT2D eigenvalue weighted by molar-refractivity contribution is 5.99. The van der Waals surface area contributed by atoms with Crippen molar-refractivity contribution in [1.29, 1.82) is 0 Å². The molecule has 2 aromatic rings. The average molecular weight is 349 g/mol. The first-order chi connectivity index (χ1) is 11.7. The van der Waals surface area contributed by atoms with Gasteiger partial charge in [-0.3, -0.25) is 4.79 Å². The summed E-state index contributed by atoms with van der Waals surface area (Å²) in [5, 5.41) is 4.14. The van der Waals surface area contributed by atoms with Gasteiger partial charge in [-0.2, -0.15) is 5.06 Å². The van der Waals surface area contributed by atoms with Crippen LogP contribution >= 0.6 is 0 Å². The predicted octanol–water partition coefficient (Wildman–Crippen LogP) is 3.42. The minimum atomic E-state index is -0.810. The highest BCUT2D eigenvalue weighted by Gasteiger charge is 2.20. The molecule has 0 heterocycles. The van der Waals surface area contributed by atoms with E-state index in [1.807, 2.05) is 0 Å². The monoisotopic (exact) mass is 349 g/mol. The Morgan fingerprint density at radius 3 is 2.52 bits per heavy atom. The molecule has 0 bridgehead atoms. The van der Waals surface area contributed by atoms with Crippen LogP contribution in [0.15, 0.2) is 24.3 Å². The maximum Gasteiger partial charge on any atom is 0.250 e. The van der Waals surface area contributed by atoms with Gasteiger partial charge in [-0.25, -0.2) is 8.78 Å².